The van der Waals surface area contributed by atoms with Crippen LogP contribution in [0.25, 0.3) is 0 Å². The number of ketones is 1. The van der Waals surface area contributed by atoms with E-state index in [4.69, 9.17) is 4.74 Å². The molecule has 1 N–H and O–H groups in total. The Bertz CT molecular complexity index is 680. The second-order valence-electron chi connectivity index (χ2n) is 6.00. The maximum Gasteiger partial charge on any atom is 0.220 e. The van der Waals surface area contributed by atoms with Crippen LogP contribution in [0.2, 0.25) is 0 Å². The van der Waals surface area contributed by atoms with Crippen LogP contribution in [0.4, 0.5) is 0 Å². The van der Waals surface area contributed by atoms with E-state index in [1.807, 2.05) is 37.3 Å². The van der Waals surface area contributed by atoms with Gasteiger partial charge in [-0.1, -0.05) is 37.3 Å². The number of nitrogens with one attached hydrogen (secondary N) is 1. The van der Waals surface area contributed by atoms with Crippen LogP contribution in [0, 0.1) is 0 Å². The van der Waals surface area contributed by atoms with Crippen molar-refractivity contribution in [2.75, 3.05) is 13.2 Å². The van der Waals surface area contributed by atoms with Gasteiger partial charge in [0, 0.05) is 24.9 Å². The third-order valence-electron chi connectivity index (χ3n) is 4.04. The van der Waals surface area contributed by atoms with E-state index >= 15 is 0 Å². The summed E-state index contributed by atoms with van der Waals surface area (Å²) in [5.74, 6) is 0.857. The number of benzene rings is 2. The maximum absolute atomic E-state index is 12.2. The zero-order valence-electron chi connectivity index (χ0n) is 14.8. The summed E-state index contributed by atoms with van der Waals surface area (Å²) >= 11 is 0. The molecule has 0 spiro atoms. The van der Waals surface area contributed by atoms with Gasteiger partial charge in [-0.25, -0.2) is 0 Å². The van der Waals surface area contributed by atoms with E-state index in [2.05, 4.69) is 12.2 Å². The lowest BCUT2D eigenvalue weighted by atomic mass is 10.0. The first-order valence-corrected chi connectivity index (χ1v) is 8.68. The highest BCUT2D eigenvalue weighted by Gasteiger charge is 2.11. The summed E-state index contributed by atoms with van der Waals surface area (Å²) in [5.41, 5.74) is 1.79. The van der Waals surface area contributed by atoms with E-state index in [9.17, 15) is 9.59 Å². The van der Waals surface area contributed by atoms with Gasteiger partial charge in [0.2, 0.25) is 5.91 Å². The average molecular weight is 339 g/mol. The second-order valence-corrected chi connectivity index (χ2v) is 6.00. The van der Waals surface area contributed by atoms with Crippen LogP contribution in [0.3, 0.4) is 0 Å². The van der Waals surface area contributed by atoms with Crippen LogP contribution in [-0.2, 0) is 4.79 Å². The number of Topliss-reactive ketones (excluding diaryl/α,β-unsaturated/α-hetero) is 1. The first kappa shape index (κ1) is 18.7. The molecule has 0 aliphatic rings. The first-order chi connectivity index (χ1) is 12.1. The van der Waals surface area contributed by atoms with Gasteiger partial charge < -0.3 is 10.1 Å². The molecule has 0 aliphatic heterocycles. The predicted octanol–water partition coefficient (Wildman–Crippen LogP) is 3.97. The van der Waals surface area contributed by atoms with Gasteiger partial charge >= 0.3 is 0 Å². The fraction of sp³-hybridized carbons (Fsp3) is 0.333. The Kier molecular flexibility index (Phi) is 7.20. The molecule has 0 heterocycles. The maximum atomic E-state index is 12.2. The Morgan fingerprint density at radius 2 is 1.68 bits per heavy atom. The van der Waals surface area contributed by atoms with Crippen molar-refractivity contribution in [2.24, 2.45) is 0 Å². The van der Waals surface area contributed by atoms with Gasteiger partial charge in [0.1, 0.15) is 5.75 Å². The summed E-state index contributed by atoms with van der Waals surface area (Å²) in [6.45, 7) is 5.14. The highest BCUT2D eigenvalue weighted by molar-refractivity contribution is 5.98. The summed E-state index contributed by atoms with van der Waals surface area (Å²) < 4.78 is 5.35. The Hall–Kier alpha value is -2.62. The van der Waals surface area contributed by atoms with Gasteiger partial charge in [0.05, 0.1) is 6.61 Å². The van der Waals surface area contributed by atoms with Gasteiger partial charge in [-0.2, -0.15) is 0 Å². The molecule has 0 saturated heterocycles. The molecule has 0 fully saturated rings. The second kappa shape index (κ2) is 9.62. The van der Waals surface area contributed by atoms with Crippen LogP contribution < -0.4 is 10.1 Å². The Balaban J connectivity index is 1.74. The van der Waals surface area contributed by atoms with E-state index in [-0.39, 0.29) is 30.4 Å². The van der Waals surface area contributed by atoms with E-state index < -0.39 is 0 Å². The minimum absolute atomic E-state index is 0.0330. The standard InChI is InChI=1S/C21H25NO3/c1-3-25-19-11-9-18(10-12-19)20(23)13-14-21(24)22-15-16(2)17-7-5-4-6-8-17/h4-12,16H,3,13-15H2,1-2H3,(H,22,24). The molecule has 4 heteroatoms. The average Bonchev–Trinajstić information content (AvgIpc) is 2.65. The predicted molar refractivity (Wildman–Crippen MR) is 99.0 cm³/mol. The molecule has 1 atom stereocenters. The Morgan fingerprint density at radius 3 is 2.32 bits per heavy atom. The Labute approximate surface area is 149 Å². The van der Waals surface area contributed by atoms with Crippen molar-refractivity contribution in [2.45, 2.75) is 32.6 Å². The van der Waals surface area contributed by atoms with E-state index in [1.165, 1.54) is 5.56 Å². The third-order valence-corrected chi connectivity index (χ3v) is 4.04. The fourth-order valence-corrected chi connectivity index (χ4v) is 2.53. The van der Waals surface area contributed by atoms with Crippen LogP contribution in [-0.4, -0.2) is 24.8 Å². The number of ether oxygens (including phenoxy) is 1. The van der Waals surface area contributed by atoms with Crippen molar-refractivity contribution in [3.8, 4) is 5.75 Å². The van der Waals surface area contributed by atoms with E-state index in [0.29, 0.717) is 18.7 Å². The van der Waals surface area contributed by atoms with Crippen molar-refractivity contribution in [1.29, 1.82) is 0 Å². The molecule has 0 bridgehead atoms. The SMILES string of the molecule is CCOc1ccc(C(=O)CCC(=O)NCC(C)c2ccccc2)cc1. The minimum atomic E-state index is -0.0953. The zero-order chi connectivity index (χ0) is 18.1. The van der Waals surface area contributed by atoms with E-state index in [1.54, 1.807) is 24.3 Å². The fourth-order valence-electron chi connectivity index (χ4n) is 2.53. The van der Waals surface area contributed by atoms with Gasteiger partial charge in [-0.15, -0.1) is 0 Å². The summed E-state index contributed by atoms with van der Waals surface area (Å²) in [4.78, 5) is 24.1. The van der Waals surface area contributed by atoms with Crippen molar-refractivity contribution in [3.63, 3.8) is 0 Å². The number of amides is 1. The molecular formula is C21H25NO3. The number of carbonyl (C=O) groups is 2. The molecule has 1 amide bonds. The monoisotopic (exact) mass is 339 g/mol. The van der Waals surface area contributed by atoms with Crippen LogP contribution >= 0.6 is 0 Å². The molecule has 0 radical (unpaired) electrons. The lowest BCUT2D eigenvalue weighted by molar-refractivity contribution is -0.121. The molecule has 1 unspecified atom stereocenters. The van der Waals surface area contributed by atoms with Gasteiger partial charge in [-0.3, -0.25) is 9.59 Å². The first-order valence-electron chi connectivity index (χ1n) is 8.68. The zero-order valence-corrected chi connectivity index (χ0v) is 14.8. The highest BCUT2D eigenvalue weighted by atomic mass is 16.5. The summed E-state index contributed by atoms with van der Waals surface area (Å²) in [6, 6.07) is 17.1. The topological polar surface area (TPSA) is 55.4 Å². The van der Waals surface area contributed by atoms with E-state index in [0.717, 1.165) is 5.75 Å². The molecule has 0 aliphatic carbocycles. The number of hydrogen-bond donors (Lipinski definition) is 1. The van der Waals surface area contributed by atoms with Crippen LogP contribution in [0.15, 0.2) is 54.6 Å². The van der Waals surface area contributed by atoms with Crippen LogP contribution in [0.5, 0.6) is 5.75 Å². The largest absolute Gasteiger partial charge is 0.494 e. The third kappa shape index (κ3) is 6.07. The molecule has 2 aromatic rings. The number of rotatable bonds is 9. The van der Waals surface area contributed by atoms with Gasteiger partial charge in [0.25, 0.3) is 0 Å². The molecular weight excluding hydrogens is 314 g/mol. The van der Waals surface area contributed by atoms with Gasteiger partial charge in [-0.05, 0) is 42.7 Å². The number of hydrogen-bond acceptors (Lipinski definition) is 3. The smallest absolute Gasteiger partial charge is 0.220 e. The molecule has 2 aromatic carbocycles. The summed E-state index contributed by atoms with van der Waals surface area (Å²) in [7, 11) is 0. The van der Waals surface area contributed by atoms with Crippen molar-refractivity contribution >= 4 is 11.7 Å². The molecule has 2 rings (SSSR count). The van der Waals surface area contributed by atoms with Crippen LogP contribution in [0.1, 0.15) is 48.5 Å². The quantitative estimate of drug-likeness (QED) is 0.703. The lowest BCUT2D eigenvalue weighted by Crippen LogP contribution is -2.27. The summed E-state index contributed by atoms with van der Waals surface area (Å²) in [6.07, 6.45) is 0.410. The molecule has 4 nitrogen and oxygen atoms in total. The van der Waals surface area contributed by atoms with Crippen molar-refractivity contribution < 1.29 is 14.3 Å². The van der Waals surface area contributed by atoms with Gasteiger partial charge in [0.15, 0.2) is 5.78 Å². The summed E-state index contributed by atoms with van der Waals surface area (Å²) in [5, 5.41) is 2.90. The molecule has 132 valence electrons. The highest BCUT2D eigenvalue weighted by Crippen LogP contribution is 2.15. The van der Waals surface area contributed by atoms with Crippen molar-refractivity contribution in [3.05, 3.63) is 65.7 Å². The Morgan fingerprint density at radius 1 is 1.00 bits per heavy atom. The normalized spacial score (nSPS) is 11.6. The minimum Gasteiger partial charge on any atom is -0.494 e. The molecule has 25 heavy (non-hydrogen) atoms. The molecule has 0 aromatic heterocycles. The molecule has 0 saturated carbocycles. The van der Waals surface area contributed by atoms with Crippen molar-refractivity contribution in [1.82, 2.24) is 5.32 Å². The lowest BCUT2D eigenvalue weighted by Gasteiger charge is -2.13. The number of carbonyl (C=O) groups excluding carboxylic acids is 2.